The second-order valence-electron chi connectivity index (χ2n) is 2.74. The SMILES string of the molecule is C=C(NC(=O)c1ccc(Br)cc1)C(=O)O. The van der Waals surface area contributed by atoms with Gasteiger partial charge in [0.1, 0.15) is 5.70 Å². The highest BCUT2D eigenvalue weighted by molar-refractivity contribution is 9.10. The Labute approximate surface area is 94.7 Å². The molecule has 0 aromatic heterocycles. The van der Waals surface area contributed by atoms with Gasteiger partial charge in [-0.2, -0.15) is 0 Å². The van der Waals surface area contributed by atoms with Crippen LogP contribution in [-0.2, 0) is 4.79 Å². The molecule has 15 heavy (non-hydrogen) atoms. The third-order valence-corrected chi connectivity index (χ3v) is 2.16. The summed E-state index contributed by atoms with van der Waals surface area (Å²) >= 11 is 3.23. The first kappa shape index (κ1) is 11.5. The van der Waals surface area contributed by atoms with E-state index in [1.807, 2.05) is 0 Å². The van der Waals surface area contributed by atoms with E-state index in [0.29, 0.717) is 5.56 Å². The summed E-state index contributed by atoms with van der Waals surface area (Å²) in [6.45, 7) is 3.20. The standard InChI is InChI=1S/C10H8BrNO3/c1-6(10(14)15)12-9(13)7-2-4-8(11)5-3-7/h2-5H,1H2,(H,12,13)(H,14,15). The summed E-state index contributed by atoms with van der Waals surface area (Å²) in [6, 6.07) is 6.54. The topological polar surface area (TPSA) is 66.4 Å². The number of benzene rings is 1. The fourth-order valence-electron chi connectivity index (χ4n) is 0.864. The molecule has 0 radical (unpaired) electrons. The fourth-order valence-corrected chi connectivity index (χ4v) is 1.13. The molecule has 4 nitrogen and oxygen atoms in total. The van der Waals surface area contributed by atoms with Crippen molar-refractivity contribution >= 4 is 27.8 Å². The third-order valence-electron chi connectivity index (χ3n) is 1.63. The Bertz CT molecular complexity index is 411. The molecule has 0 aliphatic carbocycles. The summed E-state index contributed by atoms with van der Waals surface area (Å²) in [7, 11) is 0. The number of aliphatic carboxylic acids is 1. The Balaban J connectivity index is 2.74. The Morgan fingerprint density at radius 2 is 1.80 bits per heavy atom. The van der Waals surface area contributed by atoms with Gasteiger partial charge >= 0.3 is 5.97 Å². The molecule has 0 aliphatic heterocycles. The van der Waals surface area contributed by atoms with Crippen LogP contribution in [0.25, 0.3) is 0 Å². The van der Waals surface area contributed by atoms with E-state index in [0.717, 1.165) is 4.47 Å². The van der Waals surface area contributed by atoms with Gasteiger partial charge in [0.25, 0.3) is 5.91 Å². The zero-order valence-electron chi connectivity index (χ0n) is 7.66. The van der Waals surface area contributed by atoms with Gasteiger partial charge in [-0.15, -0.1) is 0 Å². The van der Waals surface area contributed by atoms with Crippen LogP contribution in [0.2, 0.25) is 0 Å². The molecule has 1 aromatic rings. The Kier molecular flexibility index (Phi) is 3.62. The number of carbonyl (C=O) groups excluding carboxylic acids is 1. The normalized spacial score (nSPS) is 9.40. The first-order valence-corrected chi connectivity index (χ1v) is 4.79. The molecular formula is C10H8BrNO3. The molecule has 0 aliphatic rings. The van der Waals surface area contributed by atoms with Crippen molar-refractivity contribution in [3.63, 3.8) is 0 Å². The maximum Gasteiger partial charge on any atom is 0.351 e. The first-order valence-electron chi connectivity index (χ1n) is 4.00. The molecule has 5 heteroatoms. The number of hydrogen-bond donors (Lipinski definition) is 2. The number of halogens is 1. The van der Waals surface area contributed by atoms with Crippen LogP contribution in [0.4, 0.5) is 0 Å². The van der Waals surface area contributed by atoms with Crippen LogP contribution in [0.15, 0.2) is 41.0 Å². The number of amides is 1. The molecule has 0 unspecified atom stereocenters. The van der Waals surface area contributed by atoms with Crippen LogP contribution in [0.5, 0.6) is 0 Å². The van der Waals surface area contributed by atoms with Gasteiger partial charge in [-0.05, 0) is 24.3 Å². The monoisotopic (exact) mass is 269 g/mol. The summed E-state index contributed by atoms with van der Waals surface area (Å²) in [4.78, 5) is 21.8. The van der Waals surface area contributed by atoms with Gasteiger partial charge in [-0.25, -0.2) is 4.79 Å². The van der Waals surface area contributed by atoms with Crippen LogP contribution < -0.4 is 5.32 Å². The van der Waals surface area contributed by atoms with Gasteiger partial charge in [0.2, 0.25) is 0 Å². The molecule has 1 amide bonds. The van der Waals surface area contributed by atoms with E-state index in [1.165, 1.54) is 0 Å². The van der Waals surface area contributed by atoms with Gasteiger partial charge < -0.3 is 10.4 Å². The maximum absolute atomic E-state index is 11.4. The van der Waals surface area contributed by atoms with Crippen molar-refractivity contribution in [2.75, 3.05) is 0 Å². The maximum atomic E-state index is 11.4. The van der Waals surface area contributed by atoms with Gasteiger partial charge in [0.15, 0.2) is 0 Å². The van der Waals surface area contributed by atoms with Crippen molar-refractivity contribution in [3.05, 3.63) is 46.6 Å². The summed E-state index contributed by atoms with van der Waals surface area (Å²) in [5, 5.41) is 10.7. The number of carboxylic acid groups (broad SMARTS) is 1. The summed E-state index contributed by atoms with van der Waals surface area (Å²) in [5.74, 6) is -1.74. The largest absolute Gasteiger partial charge is 0.477 e. The fraction of sp³-hybridized carbons (Fsp3) is 0. The Hall–Kier alpha value is -1.62. The van der Waals surface area contributed by atoms with Crippen molar-refractivity contribution in [2.45, 2.75) is 0 Å². The average molecular weight is 270 g/mol. The second kappa shape index (κ2) is 4.75. The van der Waals surface area contributed by atoms with Gasteiger partial charge in [-0.3, -0.25) is 4.79 Å². The van der Waals surface area contributed by atoms with Crippen molar-refractivity contribution < 1.29 is 14.7 Å². The van der Waals surface area contributed by atoms with E-state index >= 15 is 0 Å². The highest BCUT2D eigenvalue weighted by atomic mass is 79.9. The molecule has 0 fully saturated rings. The van der Waals surface area contributed by atoms with Crippen LogP contribution in [0.1, 0.15) is 10.4 Å². The lowest BCUT2D eigenvalue weighted by atomic mass is 10.2. The minimum Gasteiger partial charge on any atom is -0.477 e. The van der Waals surface area contributed by atoms with E-state index in [9.17, 15) is 9.59 Å². The molecule has 78 valence electrons. The molecule has 2 N–H and O–H groups in total. The molecule has 0 atom stereocenters. The predicted molar refractivity (Wildman–Crippen MR) is 58.4 cm³/mol. The number of carboxylic acids is 1. The molecule has 0 saturated carbocycles. The number of hydrogen-bond acceptors (Lipinski definition) is 2. The lowest BCUT2D eigenvalue weighted by Gasteiger charge is -2.03. The van der Waals surface area contributed by atoms with E-state index < -0.39 is 11.9 Å². The van der Waals surface area contributed by atoms with Gasteiger partial charge in [0.05, 0.1) is 0 Å². The third kappa shape index (κ3) is 3.21. The van der Waals surface area contributed by atoms with Crippen LogP contribution in [-0.4, -0.2) is 17.0 Å². The number of carbonyl (C=O) groups is 2. The Morgan fingerprint density at radius 3 is 2.27 bits per heavy atom. The van der Waals surface area contributed by atoms with E-state index in [4.69, 9.17) is 5.11 Å². The molecule has 1 rings (SSSR count). The minimum atomic E-state index is -1.25. The molecule has 0 saturated heterocycles. The molecule has 0 bridgehead atoms. The van der Waals surface area contributed by atoms with E-state index in [-0.39, 0.29) is 5.70 Å². The van der Waals surface area contributed by atoms with Crippen molar-refractivity contribution in [1.29, 1.82) is 0 Å². The van der Waals surface area contributed by atoms with Crippen LogP contribution >= 0.6 is 15.9 Å². The lowest BCUT2D eigenvalue weighted by Crippen LogP contribution is -2.26. The van der Waals surface area contributed by atoms with E-state index in [1.54, 1.807) is 24.3 Å². The van der Waals surface area contributed by atoms with Crippen molar-refractivity contribution in [1.82, 2.24) is 5.32 Å². The van der Waals surface area contributed by atoms with Crippen molar-refractivity contribution in [2.24, 2.45) is 0 Å². The lowest BCUT2D eigenvalue weighted by molar-refractivity contribution is -0.132. The minimum absolute atomic E-state index is 0.345. The zero-order chi connectivity index (χ0) is 11.4. The van der Waals surface area contributed by atoms with E-state index in [2.05, 4.69) is 27.8 Å². The Morgan fingerprint density at radius 1 is 1.27 bits per heavy atom. The summed E-state index contributed by atoms with van der Waals surface area (Å²) < 4.78 is 0.844. The molecular weight excluding hydrogens is 262 g/mol. The zero-order valence-corrected chi connectivity index (χ0v) is 9.24. The smallest absolute Gasteiger partial charge is 0.351 e. The second-order valence-corrected chi connectivity index (χ2v) is 3.66. The number of rotatable bonds is 3. The highest BCUT2D eigenvalue weighted by Crippen LogP contribution is 2.10. The summed E-state index contributed by atoms with van der Waals surface area (Å²) in [5.41, 5.74) is 0.0310. The highest BCUT2D eigenvalue weighted by Gasteiger charge is 2.10. The summed E-state index contributed by atoms with van der Waals surface area (Å²) in [6.07, 6.45) is 0. The van der Waals surface area contributed by atoms with Gasteiger partial charge in [-0.1, -0.05) is 22.5 Å². The quantitative estimate of drug-likeness (QED) is 0.823. The first-order chi connectivity index (χ1) is 7.00. The van der Waals surface area contributed by atoms with Crippen molar-refractivity contribution in [3.8, 4) is 0 Å². The molecule has 1 aromatic carbocycles. The van der Waals surface area contributed by atoms with Crippen LogP contribution in [0, 0.1) is 0 Å². The predicted octanol–water partition coefficient (Wildman–Crippen LogP) is 1.78. The molecule has 0 spiro atoms. The number of nitrogens with one attached hydrogen (secondary N) is 1. The van der Waals surface area contributed by atoms with Crippen LogP contribution in [0.3, 0.4) is 0 Å². The van der Waals surface area contributed by atoms with Gasteiger partial charge in [0, 0.05) is 10.0 Å². The average Bonchev–Trinajstić information content (AvgIpc) is 2.18. The molecule has 0 heterocycles.